The third kappa shape index (κ3) is 3.31. The molecule has 0 saturated heterocycles. The van der Waals surface area contributed by atoms with E-state index in [0.29, 0.717) is 0 Å². The number of hydrogen-bond donors (Lipinski definition) is 1. The molecule has 1 heterocycles. The Balaban J connectivity index is 1.66. The highest BCUT2D eigenvalue weighted by Crippen LogP contribution is 2.26. The molecule has 0 aromatic carbocycles. The van der Waals surface area contributed by atoms with Gasteiger partial charge in [-0.15, -0.1) is 0 Å². The van der Waals surface area contributed by atoms with Gasteiger partial charge in [0.1, 0.15) is 0 Å². The van der Waals surface area contributed by atoms with Crippen LogP contribution in [0.25, 0.3) is 0 Å². The molecular weight excluding hydrogens is 196 g/mol. The first kappa shape index (κ1) is 11.6. The molecule has 0 radical (unpaired) electrons. The maximum Gasteiger partial charge on any atom is 0.0315 e. The number of aryl methyl sites for hydroxylation is 1. The van der Waals surface area contributed by atoms with Crippen LogP contribution in [0.3, 0.4) is 0 Å². The molecule has 2 rings (SSSR count). The molecular formula is C14H22N2. The highest BCUT2D eigenvalue weighted by molar-refractivity contribution is 5.20. The van der Waals surface area contributed by atoms with Crippen molar-refractivity contribution in [2.24, 2.45) is 5.92 Å². The van der Waals surface area contributed by atoms with E-state index in [-0.39, 0.29) is 0 Å². The second kappa shape index (κ2) is 6.00. The summed E-state index contributed by atoms with van der Waals surface area (Å²) in [5, 5.41) is 3.53. The fourth-order valence-electron chi connectivity index (χ4n) is 2.51. The van der Waals surface area contributed by atoms with Crippen molar-refractivity contribution in [1.82, 2.24) is 10.3 Å². The molecule has 2 heteroatoms. The van der Waals surface area contributed by atoms with Crippen LogP contribution < -0.4 is 5.32 Å². The molecule has 1 saturated carbocycles. The van der Waals surface area contributed by atoms with E-state index in [1.165, 1.54) is 43.2 Å². The normalized spacial score (nSPS) is 16.8. The lowest BCUT2D eigenvalue weighted by atomic mass is 10.0. The summed E-state index contributed by atoms with van der Waals surface area (Å²) in [7, 11) is 0. The van der Waals surface area contributed by atoms with Crippen LogP contribution in [-0.4, -0.2) is 11.5 Å². The van der Waals surface area contributed by atoms with Gasteiger partial charge in [0, 0.05) is 18.9 Å². The molecule has 0 aliphatic heterocycles. The summed E-state index contributed by atoms with van der Waals surface area (Å²) in [6.07, 6.45) is 11.0. The first-order valence-corrected chi connectivity index (χ1v) is 6.46. The van der Waals surface area contributed by atoms with Crippen molar-refractivity contribution >= 4 is 0 Å². The SMILES string of the molecule is Cc1ccncc1CNCCC1CCCC1. The van der Waals surface area contributed by atoms with Crippen LogP contribution in [0.15, 0.2) is 18.5 Å². The number of rotatable bonds is 5. The Morgan fingerprint density at radius 1 is 1.38 bits per heavy atom. The van der Waals surface area contributed by atoms with Gasteiger partial charge in [-0.3, -0.25) is 4.98 Å². The van der Waals surface area contributed by atoms with Gasteiger partial charge in [0.25, 0.3) is 0 Å². The minimum atomic E-state index is 0.965. The zero-order chi connectivity index (χ0) is 11.2. The van der Waals surface area contributed by atoms with Gasteiger partial charge in [0.15, 0.2) is 0 Å². The average Bonchev–Trinajstić information content (AvgIpc) is 2.79. The number of hydrogen-bond acceptors (Lipinski definition) is 2. The molecule has 0 spiro atoms. The molecule has 1 aromatic heterocycles. The van der Waals surface area contributed by atoms with Gasteiger partial charge in [-0.2, -0.15) is 0 Å². The monoisotopic (exact) mass is 218 g/mol. The number of nitrogens with one attached hydrogen (secondary N) is 1. The van der Waals surface area contributed by atoms with Crippen LogP contribution in [0.1, 0.15) is 43.2 Å². The van der Waals surface area contributed by atoms with E-state index in [0.717, 1.165) is 19.0 Å². The maximum absolute atomic E-state index is 4.16. The van der Waals surface area contributed by atoms with Crippen LogP contribution in [0, 0.1) is 12.8 Å². The Labute approximate surface area is 98.5 Å². The third-order valence-electron chi connectivity index (χ3n) is 3.67. The standard InChI is InChI=1S/C14H22N2/c1-12-6-8-15-10-14(12)11-16-9-7-13-4-2-3-5-13/h6,8,10,13,16H,2-5,7,9,11H2,1H3. The van der Waals surface area contributed by atoms with Crippen LogP contribution >= 0.6 is 0 Å². The lowest BCUT2D eigenvalue weighted by Crippen LogP contribution is -2.17. The topological polar surface area (TPSA) is 24.9 Å². The zero-order valence-corrected chi connectivity index (χ0v) is 10.2. The molecule has 2 nitrogen and oxygen atoms in total. The average molecular weight is 218 g/mol. The van der Waals surface area contributed by atoms with Crippen molar-refractivity contribution in [1.29, 1.82) is 0 Å². The smallest absolute Gasteiger partial charge is 0.0315 e. The third-order valence-corrected chi connectivity index (χ3v) is 3.67. The van der Waals surface area contributed by atoms with Gasteiger partial charge < -0.3 is 5.32 Å². The predicted octanol–water partition coefficient (Wildman–Crippen LogP) is 3.06. The summed E-state index contributed by atoms with van der Waals surface area (Å²) in [4.78, 5) is 4.16. The van der Waals surface area contributed by atoms with Gasteiger partial charge in [0.05, 0.1) is 0 Å². The molecule has 1 aromatic rings. The van der Waals surface area contributed by atoms with Crippen molar-refractivity contribution in [3.63, 3.8) is 0 Å². The van der Waals surface area contributed by atoms with E-state index < -0.39 is 0 Å². The van der Waals surface area contributed by atoms with E-state index >= 15 is 0 Å². The van der Waals surface area contributed by atoms with Crippen molar-refractivity contribution in [3.05, 3.63) is 29.6 Å². The lowest BCUT2D eigenvalue weighted by Gasteiger charge is -2.10. The van der Waals surface area contributed by atoms with Crippen LogP contribution in [0.2, 0.25) is 0 Å². The largest absolute Gasteiger partial charge is 0.313 e. The summed E-state index contributed by atoms with van der Waals surface area (Å²) < 4.78 is 0. The number of pyridine rings is 1. The van der Waals surface area contributed by atoms with Gasteiger partial charge in [0.2, 0.25) is 0 Å². The first-order chi connectivity index (χ1) is 7.86. The van der Waals surface area contributed by atoms with E-state index in [9.17, 15) is 0 Å². The zero-order valence-electron chi connectivity index (χ0n) is 10.2. The van der Waals surface area contributed by atoms with E-state index in [1.807, 2.05) is 12.4 Å². The number of aromatic nitrogens is 1. The molecule has 0 amide bonds. The van der Waals surface area contributed by atoms with Gasteiger partial charge in [-0.1, -0.05) is 25.7 Å². The fraction of sp³-hybridized carbons (Fsp3) is 0.643. The summed E-state index contributed by atoms with van der Waals surface area (Å²) in [6.45, 7) is 4.26. The van der Waals surface area contributed by atoms with Gasteiger partial charge in [-0.25, -0.2) is 0 Å². The van der Waals surface area contributed by atoms with Crippen molar-refractivity contribution in [2.75, 3.05) is 6.54 Å². The maximum atomic E-state index is 4.16. The van der Waals surface area contributed by atoms with E-state index in [1.54, 1.807) is 0 Å². The molecule has 88 valence electrons. The van der Waals surface area contributed by atoms with Crippen molar-refractivity contribution in [2.45, 2.75) is 45.6 Å². The Morgan fingerprint density at radius 2 is 2.19 bits per heavy atom. The summed E-state index contributed by atoms with van der Waals surface area (Å²) in [5.41, 5.74) is 2.66. The first-order valence-electron chi connectivity index (χ1n) is 6.46. The molecule has 0 unspecified atom stereocenters. The Hall–Kier alpha value is -0.890. The molecule has 1 N–H and O–H groups in total. The van der Waals surface area contributed by atoms with E-state index in [2.05, 4.69) is 23.3 Å². The highest BCUT2D eigenvalue weighted by atomic mass is 14.8. The van der Waals surface area contributed by atoms with Gasteiger partial charge >= 0.3 is 0 Å². The van der Waals surface area contributed by atoms with Crippen LogP contribution in [0.4, 0.5) is 0 Å². The fourth-order valence-corrected chi connectivity index (χ4v) is 2.51. The van der Waals surface area contributed by atoms with Crippen molar-refractivity contribution < 1.29 is 0 Å². The summed E-state index contributed by atoms with van der Waals surface area (Å²) in [5.74, 6) is 0.988. The second-order valence-corrected chi connectivity index (χ2v) is 4.92. The Kier molecular flexibility index (Phi) is 4.34. The van der Waals surface area contributed by atoms with Crippen molar-refractivity contribution in [3.8, 4) is 0 Å². The van der Waals surface area contributed by atoms with Crippen LogP contribution in [0.5, 0.6) is 0 Å². The molecule has 0 bridgehead atoms. The second-order valence-electron chi connectivity index (χ2n) is 4.92. The minimum absolute atomic E-state index is 0.965. The quantitative estimate of drug-likeness (QED) is 0.768. The summed E-state index contributed by atoms with van der Waals surface area (Å²) in [6, 6.07) is 2.08. The predicted molar refractivity (Wildman–Crippen MR) is 67.3 cm³/mol. The summed E-state index contributed by atoms with van der Waals surface area (Å²) >= 11 is 0. The van der Waals surface area contributed by atoms with E-state index in [4.69, 9.17) is 0 Å². The Morgan fingerprint density at radius 3 is 2.94 bits per heavy atom. The number of nitrogens with zero attached hydrogens (tertiary/aromatic N) is 1. The molecule has 1 aliphatic carbocycles. The Bertz CT molecular complexity index is 316. The van der Waals surface area contributed by atoms with Crippen LogP contribution in [-0.2, 0) is 6.54 Å². The molecule has 1 aliphatic rings. The highest BCUT2D eigenvalue weighted by Gasteiger charge is 2.13. The minimum Gasteiger partial charge on any atom is -0.313 e. The lowest BCUT2D eigenvalue weighted by molar-refractivity contribution is 0.477. The molecule has 0 atom stereocenters. The van der Waals surface area contributed by atoms with Gasteiger partial charge in [-0.05, 0) is 43.0 Å². The molecule has 16 heavy (non-hydrogen) atoms. The molecule has 1 fully saturated rings.